The number of hydrogen-bond acceptors (Lipinski definition) is 5. The van der Waals surface area contributed by atoms with Gasteiger partial charge in [0.15, 0.2) is 0 Å². The molecule has 8 nitrogen and oxygen atoms in total. The maximum Gasteiger partial charge on any atom is 0.319 e. The summed E-state index contributed by atoms with van der Waals surface area (Å²) in [7, 11) is 2.92. The molecule has 138 valence electrons. The van der Waals surface area contributed by atoms with E-state index in [9.17, 15) is 14.0 Å². The quantitative estimate of drug-likeness (QED) is 0.622. The molecule has 2 rings (SSSR count). The molecule has 3 amide bonds. The molecule has 1 aromatic heterocycles. The summed E-state index contributed by atoms with van der Waals surface area (Å²) in [5.41, 5.74) is 6.94. The summed E-state index contributed by atoms with van der Waals surface area (Å²) in [4.78, 5) is 27.6. The molecule has 0 radical (unpaired) electrons. The second kappa shape index (κ2) is 8.77. The van der Waals surface area contributed by atoms with Gasteiger partial charge in [0.1, 0.15) is 5.82 Å². The second-order valence-electron chi connectivity index (χ2n) is 5.41. The van der Waals surface area contributed by atoms with Crippen LogP contribution in [0.5, 0.6) is 5.88 Å². The van der Waals surface area contributed by atoms with Gasteiger partial charge >= 0.3 is 6.03 Å². The average molecular weight is 361 g/mol. The Morgan fingerprint density at radius 3 is 2.65 bits per heavy atom. The third kappa shape index (κ3) is 5.15. The maximum absolute atomic E-state index is 13.7. The smallest absolute Gasteiger partial charge is 0.319 e. The fraction of sp³-hybridized carbons (Fsp3) is 0.235. The number of urea groups is 1. The number of aromatic nitrogens is 1. The number of methoxy groups -OCH3 is 1. The molecule has 1 heterocycles. The van der Waals surface area contributed by atoms with Crippen molar-refractivity contribution in [3.63, 3.8) is 0 Å². The summed E-state index contributed by atoms with van der Waals surface area (Å²) in [5.74, 6) is -0.604. The molecule has 0 spiro atoms. The molecule has 9 heteroatoms. The summed E-state index contributed by atoms with van der Waals surface area (Å²) in [5, 5.41) is 7.24. The number of pyridine rings is 1. The zero-order chi connectivity index (χ0) is 19.1. The van der Waals surface area contributed by atoms with Gasteiger partial charge < -0.3 is 26.4 Å². The fourth-order valence-corrected chi connectivity index (χ4v) is 2.12. The Hall–Kier alpha value is -3.20. The SMILES string of the molecule is CNC(=O)Nc1cc(NC(=O)[C@@H](N)Cc2ccc(OC)nc2)ccc1F. The van der Waals surface area contributed by atoms with Crippen molar-refractivity contribution in [2.24, 2.45) is 5.73 Å². The molecule has 0 aliphatic rings. The van der Waals surface area contributed by atoms with E-state index < -0.39 is 23.8 Å². The van der Waals surface area contributed by atoms with Gasteiger partial charge in [-0.3, -0.25) is 4.79 Å². The normalized spacial score (nSPS) is 11.4. The number of nitrogens with one attached hydrogen (secondary N) is 3. The number of rotatable bonds is 6. The van der Waals surface area contributed by atoms with Crippen LogP contribution in [0, 0.1) is 5.82 Å². The summed E-state index contributed by atoms with van der Waals surface area (Å²) < 4.78 is 18.7. The van der Waals surface area contributed by atoms with Gasteiger partial charge in [-0.15, -0.1) is 0 Å². The van der Waals surface area contributed by atoms with Crippen LogP contribution in [0.4, 0.5) is 20.6 Å². The number of amides is 3. The van der Waals surface area contributed by atoms with Crippen LogP contribution in [0.2, 0.25) is 0 Å². The number of carbonyl (C=O) groups is 2. The highest BCUT2D eigenvalue weighted by Gasteiger charge is 2.16. The Morgan fingerprint density at radius 1 is 1.27 bits per heavy atom. The largest absolute Gasteiger partial charge is 0.481 e. The first-order valence-electron chi connectivity index (χ1n) is 7.76. The summed E-state index contributed by atoms with van der Waals surface area (Å²) in [6, 6.07) is 5.87. The predicted octanol–water partition coefficient (Wildman–Crippen LogP) is 1.49. The highest BCUT2D eigenvalue weighted by Crippen LogP contribution is 2.20. The van der Waals surface area contributed by atoms with Crippen LogP contribution in [-0.2, 0) is 11.2 Å². The molecule has 2 aromatic rings. The standard InChI is InChI=1S/C17H20FN5O3/c1-20-17(25)23-14-8-11(4-5-12(14)18)22-16(24)13(19)7-10-3-6-15(26-2)21-9-10/h3-6,8-9,13H,7,19H2,1-2H3,(H,22,24)(H2,20,23,25)/t13-/m0/s1. The van der Waals surface area contributed by atoms with Gasteiger partial charge in [0, 0.05) is 25.0 Å². The topological polar surface area (TPSA) is 118 Å². The summed E-state index contributed by atoms with van der Waals surface area (Å²) in [6.45, 7) is 0. The van der Waals surface area contributed by atoms with Crippen molar-refractivity contribution in [3.8, 4) is 5.88 Å². The number of nitrogens with zero attached hydrogens (tertiary/aromatic N) is 1. The van der Waals surface area contributed by atoms with E-state index in [1.54, 1.807) is 18.3 Å². The fourth-order valence-electron chi connectivity index (χ4n) is 2.12. The lowest BCUT2D eigenvalue weighted by Crippen LogP contribution is -2.37. The molecule has 0 bridgehead atoms. The Kier molecular flexibility index (Phi) is 6.45. The molecule has 0 fully saturated rings. The number of carbonyl (C=O) groups excluding carboxylic acids is 2. The molecule has 1 aromatic carbocycles. The molecule has 0 aliphatic carbocycles. The second-order valence-corrected chi connectivity index (χ2v) is 5.41. The van der Waals surface area contributed by atoms with E-state index in [-0.39, 0.29) is 12.1 Å². The van der Waals surface area contributed by atoms with Crippen LogP contribution in [-0.4, -0.2) is 37.1 Å². The van der Waals surface area contributed by atoms with Crippen LogP contribution >= 0.6 is 0 Å². The van der Waals surface area contributed by atoms with Crippen molar-refractivity contribution < 1.29 is 18.7 Å². The lowest BCUT2D eigenvalue weighted by Gasteiger charge is -2.14. The zero-order valence-electron chi connectivity index (χ0n) is 14.4. The first kappa shape index (κ1) is 19.1. The Labute approximate surface area is 149 Å². The predicted molar refractivity (Wildman–Crippen MR) is 95.6 cm³/mol. The molecular formula is C17H20FN5O3. The van der Waals surface area contributed by atoms with E-state index in [2.05, 4.69) is 20.9 Å². The van der Waals surface area contributed by atoms with Crippen molar-refractivity contribution in [1.29, 1.82) is 0 Å². The minimum atomic E-state index is -0.828. The highest BCUT2D eigenvalue weighted by atomic mass is 19.1. The van der Waals surface area contributed by atoms with Crippen LogP contribution in [0.1, 0.15) is 5.56 Å². The van der Waals surface area contributed by atoms with E-state index in [0.29, 0.717) is 11.6 Å². The lowest BCUT2D eigenvalue weighted by atomic mass is 10.1. The highest BCUT2D eigenvalue weighted by molar-refractivity contribution is 5.96. The molecule has 0 saturated heterocycles. The number of halogens is 1. The molecule has 0 unspecified atom stereocenters. The monoisotopic (exact) mass is 361 g/mol. The molecule has 26 heavy (non-hydrogen) atoms. The third-order valence-corrected chi connectivity index (χ3v) is 3.51. The van der Waals surface area contributed by atoms with Crippen molar-refractivity contribution in [2.75, 3.05) is 24.8 Å². The maximum atomic E-state index is 13.7. The van der Waals surface area contributed by atoms with Gasteiger partial charge in [-0.1, -0.05) is 6.07 Å². The van der Waals surface area contributed by atoms with Crippen LogP contribution in [0.25, 0.3) is 0 Å². The van der Waals surface area contributed by atoms with Gasteiger partial charge in [-0.2, -0.15) is 0 Å². The van der Waals surface area contributed by atoms with Crippen LogP contribution in [0.3, 0.4) is 0 Å². The number of nitrogens with two attached hydrogens (primary N) is 1. The van der Waals surface area contributed by atoms with E-state index in [0.717, 1.165) is 11.6 Å². The van der Waals surface area contributed by atoms with E-state index in [1.807, 2.05) is 0 Å². The van der Waals surface area contributed by atoms with Crippen molar-refractivity contribution >= 4 is 23.3 Å². The van der Waals surface area contributed by atoms with Gasteiger partial charge in [0.25, 0.3) is 0 Å². The van der Waals surface area contributed by atoms with Crippen LogP contribution < -0.4 is 26.4 Å². The van der Waals surface area contributed by atoms with E-state index in [1.165, 1.54) is 26.3 Å². The number of benzene rings is 1. The number of anilines is 2. The van der Waals surface area contributed by atoms with Gasteiger partial charge in [0.05, 0.1) is 18.8 Å². The first-order chi connectivity index (χ1) is 12.4. The molecule has 1 atom stereocenters. The number of hydrogen-bond donors (Lipinski definition) is 4. The minimum Gasteiger partial charge on any atom is -0.481 e. The lowest BCUT2D eigenvalue weighted by molar-refractivity contribution is -0.117. The Balaban J connectivity index is 2.01. The molecule has 0 saturated carbocycles. The van der Waals surface area contributed by atoms with Crippen LogP contribution in [0.15, 0.2) is 36.5 Å². The Morgan fingerprint density at radius 2 is 2.04 bits per heavy atom. The average Bonchev–Trinajstić information content (AvgIpc) is 2.64. The first-order valence-corrected chi connectivity index (χ1v) is 7.76. The van der Waals surface area contributed by atoms with E-state index >= 15 is 0 Å². The summed E-state index contributed by atoms with van der Waals surface area (Å²) in [6.07, 6.45) is 1.85. The van der Waals surface area contributed by atoms with Gasteiger partial charge in [0.2, 0.25) is 11.8 Å². The van der Waals surface area contributed by atoms with Crippen molar-refractivity contribution in [1.82, 2.24) is 10.3 Å². The number of ether oxygens (including phenoxy) is 1. The van der Waals surface area contributed by atoms with Gasteiger partial charge in [-0.25, -0.2) is 14.2 Å². The third-order valence-electron chi connectivity index (χ3n) is 3.51. The summed E-state index contributed by atoms with van der Waals surface area (Å²) >= 11 is 0. The molecule has 0 aliphatic heterocycles. The molecule has 5 N–H and O–H groups in total. The van der Waals surface area contributed by atoms with E-state index in [4.69, 9.17) is 10.5 Å². The minimum absolute atomic E-state index is 0.0601. The van der Waals surface area contributed by atoms with Crippen molar-refractivity contribution in [2.45, 2.75) is 12.5 Å². The Bertz CT molecular complexity index is 782. The van der Waals surface area contributed by atoms with Crippen molar-refractivity contribution in [3.05, 3.63) is 47.9 Å². The molecular weight excluding hydrogens is 341 g/mol. The zero-order valence-corrected chi connectivity index (χ0v) is 14.4. The van der Waals surface area contributed by atoms with Gasteiger partial charge in [-0.05, 0) is 30.2 Å².